The van der Waals surface area contributed by atoms with E-state index in [1.165, 1.54) is 0 Å². The van der Waals surface area contributed by atoms with E-state index in [0.29, 0.717) is 11.6 Å². The van der Waals surface area contributed by atoms with E-state index in [9.17, 15) is 4.79 Å². The van der Waals surface area contributed by atoms with Gasteiger partial charge in [-0.3, -0.25) is 4.79 Å². The quantitative estimate of drug-likeness (QED) is 0.874. The van der Waals surface area contributed by atoms with Gasteiger partial charge in [-0.15, -0.1) is 0 Å². The Hall–Kier alpha value is -2.14. The van der Waals surface area contributed by atoms with Gasteiger partial charge in [0.15, 0.2) is 0 Å². The van der Waals surface area contributed by atoms with Crippen molar-refractivity contribution in [2.24, 2.45) is 0 Å². The van der Waals surface area contributed by atoms with Gasteiger partial charge in [-0.2, -0.15) is 4.98 Å². The number of ether oxygens (including phenoxy) is 1. The first-order valence-electron chi connectivity index (χ1n) is 7.15. The van der Waals surface area contributed by atoms with Crippen LogP contribution in [0, 0.1) is 0 Å². The van der Waals surface area contributed by atoms with Gasteiger partial charge in [-0.05, 0) is 55.0 Å². The molecule has 0 atom stereocenters. The molecule has 2 aromatic rings. The molecule has 1 aromatic carbocycles. The molecule has 0 radical (unpaired) electrons. The zero-order valence-corrected chi connectivity index (χ0v) is 12.6. The Morgan fingerprint density at radius 1 is 1.18 bits per heavy atom. The molecular weight excluding hydrogens is 304 g/mol. The minimum absolute atomic E-state index is 0.00495. The maximum atomic E-state index is 10.7. The Morgan fingerprint density at radius 3 is 2.64 bits per heavy atom. The van der Waals surface area contributed by atoms with Crippen molar-refractivity contribution in [3.05, 3.63) is 46.4 Å². The first-order valence-corrected chi connectivity index (χ1v) is 7.53. The lowest BCUT2D eigenvalue weighted by molar-refractivity contribution is -0.136. The topological polar surface area (TPSA) is 72.3 Å². The number of hydrogen-bond donors (Lipinski definition) is 1. The lowest BCUT2D eigenvalue weighted by Gasteiger charge is -2.17. The van der Waals surface area contributed by atoms with Gasteiger partial charge in [0.1, 0.15) is 5.75 Å². The van der Waals surface area contributed by atoms with Crippen LogP contribution < -0.4 is 4.74 Å². The minimum atomic E-state index is -0.856. The summed E-state index contributed by atoms with van der Waals surface area (Å²) >= 11 is 5.96. The van der Waals surface area contributed by atoms with Crippen LogP contribution in [0.1, 0.15) is 29.7 Å². The third-order valence-electron chi connectivity index (χ3n) is 3.61. The Kier molecular flexibility index (Phi) is 4.24. The van der Waals surface area contributed by atoms with E-state index in [0.717, 1.165) is 42.5 Å². The molecule has 0 saturated heterocycles. The number of halogens is 1. The molecule has 0 bridgehead atoms. The van der Waals surface area contributed by atoms with Gasteiger partial charge >= 0.3 is 5.97 Å². The minimum Gasteiger partial charge on any atom is -0.481 e. The second-order valence-corrected chi connectivity index (χ2v) is 5.58. The fraction of sp³-hybridized carbons (Fsp3) is 0.312. The summed E-state index contributed by atoms with van der Waals surface area (Å²) in [4.78, 5) is 19.1. The van der Waals surface area contributed by atoms with Crippen molar-refractivity contribution in [2.75, 3.05) is 0 Å². The molecule has 1 heterocycles. The fourth-order valence-electron chi connectivity index (χ4n) is 2.58. The van der Waals surface area contributed by atoms with E-state index < -0.39 is 5.97 Å². The summed E-state index contributed by atoms with van der Waals surface area (Å²) in [6.45, 7) is 0. The summed E-state index contributed by atoms with van der Waals surface area (Å²) < 4.78 is 5.83. The molecule has 22 heavy (non-hydrogen) atoms. The van der Waals surface area contributed by atoms with Crippen LogP contribution in [0.15, 0.2) is 24.3 Å². The number of nitrogens with zero attached hydrogens (tertiary/aromatic N) is 2. The van der Waals surface area contributed by atoms with Gasteiger partial charge in [0.25, 0.3) is 0 Å². The molecule has 6 heteroatoms. The molecular formula is C16H15ClN2O3. The maximum absolute atomic E-state index is 10.7. The van der Waals surface area contributed by atoms with Crippen LogP contribution in [0.4, 0.5) is 0 Å². The largest absolute Gasteiger partial charge is 0.481 e. The number of rotatable bonds is 4. The van der Waals surface area contributed by atoms with Crippen LogP contribution in [0.2, 0.25) is 5.28 Å². The van der Waals surface area contributed by atoms with E-state index in [1.54, 1.807) is 24.3 Å². The van der Waals surface area contributed by atoms with E-state index in [-0.39, 0.29) is 11.7 Å². The molecule has 0 amide bonds. The van der Waals surface area contributed by atoms with E-state index in [1.807, 2.05) is 0 Å². The van der Waals surface area contributed by atoms with Crippen LogP contribution in [0.25, 0.3) is 0 Å². The van der Waals surface area contributed by atoms with Crippen LogP contribution in [-0.4, -0.2) is 21.0 Å². The number of aliphatic carboxylic acids is 1. The molecule has 0 saturated carbocycles. The monoisotopic (exact) mass is 318 g/mol. The summed E-state index contributed by atoms with van der Waals surface area (Å²) in [7, 11) is 0. The van der Waals surface area contributed by atoms with Crippen molar-refractivity contribution in [2.45, 2.75) is 32.1 Å². The number of carbonyl (C=O) groups is 1. The summed E-state index contributed by atoms with van der Waals surface area (Å²) in [5, 5.41) is 8.96. The van der Waals surface area contributed by atoms with Crippen molar-refractivity contribution in [3.63, 3.8) is 0 Å². The summed E-state index contributed by atoms with van der Waals surface area (Å²) in [6.07, 6.45) is 3.97. The molecule has 0 fully saturated rings. The molecule has 1 N–H and O–H groups in total. The third-order valence-corrected chi connectivity index (χ3v) is 3.78. The van der Waals surface area contributed by atoms with Crippen molar-refractivity contribution in [3.8, 4) is 11.6 Å². The van der Waals surface area contributed by atoms with Gasteiger partial charge in [-0.1, -0.05) is 12.1 Å². The maximum Gasteiger partial charge on any atom is 0.307 e. The zero-order chi connectivity index (χ0) is 15.5. The highest BCUT2D eigenvalue weighted by Crippen LogP contribution is 2.31. The average molecular weight is 319 g/mol. The van der Waals surface area contributed by atoms with Crippen LogP contribution in [-0.2, 0) is 24.1 Å². The van der Waals surface area contributed by atoms with Crippen molar-refractivity contribution >= 4 is 17.6 Å². The smallest absolute Gasteiger partial charge is 0.307 e. The Morgan fingerprint density at radius 2 is 1.91 bits per heavy atom. The molecule has 5 nitrogen and oxygen atoms in total. The van der Waals surface area contributed by atoms with E-state index >= 15 is 0 Å². The van der Waals surface area contributed by atoms with E-state index in [4.69, 9.17) is 21.4 Å². The van der Waals surface area contributed by atoms with Crippen molar-refractivity contribution < 1.29 is 14.6 Å². The second kappa shape index (κ2) is 6.32. The molecule has 1 aromatic heterocycles. The highest BCUT2D eigenvalue weighted by atomic mass is 35.5. The van der Waals surface area contributed by atoms with Gasteiger partial charge in [-0.25, -0.2) is 4.98 Å². The molecule has 0 aliphatic heterocycles. The normalized spacial score (nSPS) is 13.5. The lowest BCUT2D eigenvalue weighted by atomic mass is 9.97. The number of fused-ring (bicyclic) bond motifs is 1. The predicted octanol–water partition coefficient (Wildman–Crippen LogP) is 3.43. The standard InChI is InChI=1S/C16H15ClN2O3/c17-16-18-13-4-2-1-3-12(13)15(19-16)22-11-7-5-10(6-8-11)9-14(20)21/h5-8H,1-4,9H2,(H,20,21). The van der Waals surface area contributed by atoms with Gasteiger partial charge in [0.05, 0.1) is 12.1 Å². The van der Waals surface area contributed by atoms with Gasteiger partial charge in [0.2, 0.25) is 11.2 Å². The second-order valence-electron chi connectivity index (χ2n) is 5.25. The first kappa shape index (κ1) is 14.8. The van der Waals surface area contributed by atoms with E-state index in [2.05, 4.69) is 9.97 Å². The summed E-state index contributed by atoms with van der Waals surface area (Å²) in [5.74, 6) is 0.252. The third kappa shape index (κ3) is 3.36. The fourth-order valence-corrected chi connectivity index (χ4v) is 2.76. The highest BCUT2D eigenvalue weighted by molar-refractivity contribution is 6.28. The highest BCUT2D eigenvalue weighted by Gasteiger charge is 2.19. The molecule has 1 aliphatic rings. The summed E-state index contributed by atoms with van der Waals surface area (Å²) in [5.41, 5.74) is 2.71. The number of hydrogen-bond acceptors (Lipinski definition) is 4. The molecule has 3 rings (SSSR count). The summed E-state index contributed by atoms with van der Waals surface area (Å²) in [6, 6.07) is 6.95. The van der Waals surface area contributed by atoms with Crippen LogP contribution in [0.5, 0.6) is 11.6 Å². The number of benzene rings is 1. The van der Waals surface area contributed by atoms with Gasteiger partial charge < -0.3 is 9.84 Å². The number of carboxylic acid groups (broad SMARTS) is 1. The van der Waals surface area contributed by atoms with Crippen LogP contribution in [0.3, 0.4) is 0 Å². The first-order chi connectivity index (χ1) is 10.6. The van der Waals surface area contributed by atoms with Crippen LogP contribution >= 0.6 is 11.6 Å². The van der Waals surface area contributed by atoms with Crippen molar-refractivity contribution in [1.29, 1.82) is 0 Å². The Balaban J connectivity index is 1.83. The molecule has 1 aliphatic carbocycles. The van der Waals surface area contributed by atoms with Gasteiger partial charge in [0, 0.05) is 5.56 Å². The average Bonchev–Trinajstić information content (AvgIpc) is 2.48. The Bertz CT molecular complexity index is 701. The number of aryl methyl sites for hydroxylation is 1. The zero-order valence-electron chi connectivity index (χ0n) is 11.9. The molecule has 0 unspecified atom stereocenters. The molecule has 0 spiro atoms. The van der Waals surface area contributed by atoms with Crippen molar-refractivity contribution in [1.82, 2.24) is 9.97 Å². The lowest BCUT2D eigenvalue weighted by Crippen LogP contribution is -2.09. The SMILES string of the molecule is O=C(O)Cc1ccc(Oc2nc(Cl)nc3c2CCCC3)cc1. The predicted molar refractivity (Wildman–Crippen MR) is 81.5 cm³/mol. The number of carboxylic acids is 1. The molecule has 114 valence electrons. The number of aromatic nitrogens is 2. The Labute approximate surface area is 132 Å².